The number of carbonyl (C=O) groups excluding carboxylic acids is 1. The highest BCUT2D eigenvalue weighted by Gasteiger charge is 2.29. The second-order valence-corrected chi connectivity index (χ2v) is 10.3. The second kappa shape index (κ2) is 7.66. The van der Waals surface area contributed by atoms with Crippen LogP contribution >= 0.6 is 0 Å². The largest absolute Gasteiger partial charge is 0.333 e. The Morgan fingerprint density at radius 2 is 1.97 bits per heavy atom. The summed E-state index contributed by atoms with van der Waals surface area (Å²) in [6.07, 6.45) is 9.03. The molecule has 4 aromatic rings. The lowest BCUT2D eigenvalue weighted by molar-refractivity contribution is 0.256. The summed E-state index contributed by atoms with van der Waals surface area (Å²) in [5.41, 5.74) is 3.45. The van der Waals surface area contributed by atoms with Crippen molar-refractivity contribution in [2.45, 2.75) is 43.2 Å². The van der Waals surface area contributed by atoms with Crippen molar-refractivity contribution in [2.75, 3.05) is 5.32 Å². The minimum absolute atomic E-state index is 0.211. The van der Waals surface area contributed by atoms with E-state index >= 15 is 4.39 Å². The van der Waals surface area contributed by atoms with Gasteiger partial charge in [-0.2, -0.15) is 18.6 Å². The number of anilines is 1. The Hall–Kier alpha value is -3.73. The molecule has 0 saturated heterocycles. The van der Waals surface area contributed by atoms with Crippen molar-refractivity contribution in [3.63, 3.8) is 0 Å². The smallest absolute Gasteiger partial charge is 0.306 e. The van der Waals surface area contributed by atoms with Gasteiger partial charge in [-0.3, -0.25) is 4.68 Å². The Morgan fingerprint density at radius 1 is 1.12 bits per heavy atom. The van der Waals surface area contributed by atoms with Gasteiger partial charge in [0.15, 0.2) is 5.03 Å². The number of pyridine rings is 1. The van der Waals surface area contributed by atoms with E-state index in [-0.39, 0.29) is 22.3 Å². The van der Waals surface area contributed by atoms with Gasteiger partial charge in [0, 0.05) is 24.2 Å². The number of hydrogen-bond acceptors (Lipinski definition) is 5. The number of halogens is 1. The highest BCUT2D eigenvalue weighted by Crippen LogP contribution is 2.40. The van der Waals surface area contributed by atoms with Gasteiger partial charge in [-0.25, -0.2) is 18.4 Å². The first-order chi connectivity index (χ1) is 16.4. The van der Waals surface area contributed by atoms with Gasteiger partial charge in [0.2, 0.25) is 0 Å². The standard InChI is InChI=1S/C23H21FN6O3S/c24-19-13-14-2-1-3-18(14)22(21(19)15-7-10-29-17(12-15)6-9-25-29)26-23(31)28-34(32,33)20-8-11-30(27-20)16-4-5-16/h6-13,16H,1-5H2,(H2,26,28,31). The van der Waals surface area contributed by atoms with Crippen molar-refractivity contribution in [1.29, 1.82) is 0 Å². The molecule has 11 heteroatoms. The van der Waals surface area contributed by atoms with E-state index in [4.69, 9.17) is 0 Å². The van der Waals surface area contributed by atoms with Crippen molar-refractivity contribution in [3.05, 3.63) is 65.9 Å². The maximum atomic E-state index is 15.3. The highest BCUT2D eigenvalue weighted by atomic mass is 32.2. The van der Waals surface area contributed by atoms with Crippen molar-refractivity contribution in [3.8, 4) is 11.1 Å². The molecule has 2 N–H and O–H groups in total. The summed E-state index contributed by atoms with van der Waals surface area (Å²) in [5, 5.41) is 10.6. The number of sulfonamides is 1. The fourth-order valence-corrected chi connectivity index (χ4v) is 5.37. The van der Waals surface area contributed by atoms with E-state index in [1.54, 1.807) is 46.0 Å². The number of aromatic nitrogens is 4. The molecule has 34 heavy (non-hydrogen) atoms. The molecule has 2 aliphatic rings. The quantitative estimate of drug-likeness (QED) is 0.453. The second-order valence-electron chi connectivity index (χ2n) is 8.64. The predicted octanol–water partition coefficient (Wildman–Crippen LogP) is 3.67. The van der Waals surface area contributed by atoms with Crippen LogP contribution in [0.25, 0.3) is 16.6 Å². The third kappa shape index (κ3) is 3.61. The lowest BCUT2D eigenvalue weighted by atomic mass is 9.97. The topological polar surface area (TPSA) is 110 Å². The molecule has 6 rings (SSSR count). The third-order valence-corrected chi connectivity index (χ3v) is 7.51. The number of aryl methyl sites for hydroxylation is 1. The van der Waals surface area contributed by atoms with Crippen LogP contribution in [-0.2, 0) is 22.9 Å². The molecule has 1 aromatic carbocycles. The number of fused-ring (bicyclic) bond motifs is 2. The zero-order valence-corrected chi connectivity index (χ0v) is 18.8. The Morgan fingerprint density at radius 3 is 2.79 bits per heavy atom. The molecule has 2 amide bonds. The number of rotatable bonds is 5. The van der Waals surface area contributed by atoms with E-state index in [2.05, 4.69) is 15.5 Å². The first kappa shape index (κ1) is 20.8. The maximum absolute atomic E-state index is 15.3. The fraction of sp³-hybridized carbons (Fsp3) is 0.261. The number of urea groups is 1. The number of nitrogens with zero attached hydrogens (tertiary/aromatic N) is 4. The summed E-state index contributed by atoms with van der Waals surface area (Å²) in [7, 11) is -4.19. The zero-order valence-electron chi connectivity index (χ0n) is 18.0. The fourth-order valence-electron chi connectivity index (χ4n) is 4.52. The first-order valence-corrected chi connectivity index (χ1v) is 12.5. The molecule has 0 spiro atoms. The molecule has 1 fully saturated rings. The molecular weight excluding hydrogens is 459 g/mol. The molecule has 0 unspecified atom stereocenters. The summed E-state index contributed by atoms with van der Waals surface area (Å²) >= 11 is 0. The predicted molar refractivity (Wildman–Crippen MR) is 122 cm³/mol. The van der Waals surface area contributed by atoms with Gasteiger partial charge >= 0.3 is 6.03 Å². The Bertz CT molecular complexity index is 1550. The SMILES string of the molecule is O=C(Nc1c2c(cc(F)c1-c1ccn3nccc3c1)CCC2)NS(=O)(=O)c1ccn(C2CC2)n1. The lowest BCUT2D eigenvalue weighted by Crippen LogP contribution is -2.35. The Labute approximate surface area is 194 Å². The van der Waals surface area contributed by atoms with Gasteiger partial charge in [0.1, 0.15) is 5.82 Å². The number of benzene rings is 1. The van der Waals surface area contributed by atoms with Crippen molar-refractivity contribution in [2.24, 2.45) is 0 Å². The van der Waals surface area contributed by atoms with E-state index in [0.717, 1.165) is 35.9 Å². The molecule has 0 bridgehead atoms. The minimum Gasteiger partial charge on any atom is -0.306 e. The van der Waals surface area contributed by atoms with Gasteiger partial charge in [0.25, 0.3) is 10.0 Å². The first-order valence-electron chi connectivity index (χ1n) is 11.1. The molecule has 3 heterocycles. The van der Waals surface area contributed by atoms with Gasteiger partial charge < -0.3 is 5.32 Å². The van der Waals surface area contributed by atoms with Crippen LogP contribution in [0.4, 0.5) is 14.9 Å². The molecule has 3 aromatic heterocycles. The summed E-state index contributed by atoms with van der Waals surface area (Å²) in [5.74, 6) is -0.481. The molecule has 0 atom stereocenters. The van der Waals surface area contributed by atoms with Gasteiger partial charge in [-0.15, -0.1) is 0 Å². The van der Waals surface area contributed by atoms with E-state index in [9.17, 15) is 13.2 Å². The van der Waals surface area contributed by atoms with Crippen LogP contribution in [0.2, 0.25) is 0 Å². The van der Waals surface area contributed by atoms with E-state index in [0.29, 0.717) is 18.4 Å². The monoisotopic (exact) mass is 480 g/mol. The van der Waals surface area contributed by atoms with Crippen molar-refractivity contribution >= 4 is 27.3 Å². The normalized spacial score (nSPS) is 15.4. The summed E-state index contributed by atoms with van der Waals surface area (Å²) in [4.78, 5) is 12.8. The minimum atomic E-state index is -4.19. The van der Waals surface area contributed by atoms with Crippen molar-refractivity contribution in [1.82, 2.24) is 24.1 Å². The number of carbonyl (C=O) groups is 1. The van der Waals surface area contributed by atoms with Crippen molar-refractivity contribution < 1.29 is 17.6 Å². The molecule has 174 valence electrons. The summed E-state index contributed by atoms with van der Waals surface area (Å²) in [6.45, 7) is 0. The van der Waals surface area contributed by atoms with Crippen LogP contribution in [0.1, 0.15) is 36.4 Å². The summed E-state index contributed by atoms with van der Waals surface area (Å²) < 4.78 is 46.1. The number of amides is 2. The van der Waals surface area contributed by atoms with Crippen LogP contribution in [0.3, 0.4) is 0 Å². The Kier molecular flexibility index (Phi) is 4.70. The molecule has 0 aliphatic heterocycles. The van der Waals surface area contributed by atoms with Crippen LogP contribution < -0.4 is 10.0 Å². The van der Waals surface area contributed by atoms with Gasteiger partial charge in [-0.1, -0.05) is 0 Å². The highest BCUT2D eigenvalue weighted by molar-refractivity contribution is 7.90. The third-order valence-electron chi connectivity index (χ3n) is 6.29. The number of nitrogens with one attached hydrogen (secondary N) is 2. The molecule has 1 saturated carbocycles. The molecule has 0 radical (unpaired) electrons. The maximum Gasteiger partial charge on any atom is 0.333 e. The summed E-state index contributed by atoms with van der Waals surface area (Å²) in [6, 6.07) is 7.39. The average Bonchev–Trinajstić information content (AvgIpc) is 3.19. The van der Waals surface area contributed by atoms with E-state index in [1.807, 2.05) is 4.72 Å². The van der Waals surface area contributed by atoms with Gasteiger partial charge in [0.05, 0.1) is 17.2 Å². The number of hydrogen-bond donors (Lipinski definition) is 2. The Balaban J connectivity index is 1.35. The average molecular weight is 481 g/mol. The van der Waals surface area contributed by atoms with Gasteiger partial charge in [-0.05, 0) is 79.1 Å². The molecule has 2 aliphatic carbocycles. The lowest BCUT2D eigenvalue weighted by Gasteiger charge is -2.17. The molecular formula is C23H21FN6O3S. The van der Waals surface area contributed by atoms with E-state index < -0.39 is 21.9 Å². The molecule has 9 nitrogen and oxygen atoms in total. The van der Waals surface area contributed by atoms with Crippen LogP contribution in [0, 0.1) is 5.82 Å². The van der Waals surface area contributed by atoms with Crippen LogP contribution in [0.5, 0.6) is 0 Å². The van der Waals surface area contributed by atoms with E-state index in [1.165, 1.54) is 12.1 Å². The zero-order chi connectivity index (χ0) is 23.4. The van der Waals surface area contributed by atoms with Crippen LogP contribution in [-0.4, -0.2) is 33.8 Å². The van der Waals surface area contributed by atoms with Crippen LogP contribution in [0.15, 0.2) is 53.9 Å².